The number of carbonyl (C=O) groups excluding carboxylic acids is 1. The molecule has 0 saturated heterocycles. The zero-order chi connectivity index (χ0) is 20.3. The van der Waals surface area contributed by atoms with E-state index in [-0.39, 0.29) is 17.1 Å². The number of aromatic nitrogens is 4. The van der Waals surface area contributed by atoms with Crippen molar-refractivity contribution < 1.29 is 9.53 Å². The summed E-state index contributed by atoms with van der Waals surface area (Å²) in [5.41, 5.74) is 1.30. The summed E-state index contributed by atoms with van der Waals surface area (Å²) in [5, 5.41) is 7.53. The van der Waals surface area contributed by atoms with Crippen molar-refractivity contribution in [3.8, 4) is 11.7 Å². The van der Waals surface area contributed by atoms with Gasteiger partial charge in [0.05, 0.1) is 18.4 Å². The highest BCUT2D eigenvalue weighted by Gasteiger charge is 2.17. The predicted molar refractivity (Wildman–Crippen MR) is 107 cm³/mol. The first-order valence-corrected chi connectivity index (χ1v) is 9.11. The molecule has 0 spiro atoms. The topological polar surface area (TPSA) is 102 Å². The molecule has 3 aromatic rings. The smallest absolute Gasteiger partial charge is 0.260 e. The lowest BCUT2D eigenvalue weighted by Crippen LogP contribution is -2.19. The number of carbonyl (C=O) groups is 1. The van der Waals surface area contributed by atoms with E-state index in [1.807, 2.05) is 6.92 Å². The Bertz CT molecular complexity index is 1070. The van der Waals surface area contributed by atoms with E-state index in [2.05, 4.69) is 20.4 Å². The van der Waals surface area contributed by atoms with Gasteiger partial charge in [-0.2, -0.15) is 9.78 Å². The van der Waals surface area contributed by atoms with Crippen molar-refractivity contribution in [2.24, 2.45) is 0 Å². The lowest BCUT2D eigenvalue weighted by Gasteiger charge is -2.11. The molecule has 2 aromatic heterocycles. The molecule has 0 fully saturated rings. The number of aryl methyl sites for hydroxylation is 2. The average molecular weight is 402 g/mol. The average Bonchev–Trinajstić information content (AvgIpc) is 3.01. The summed E-state index contributed by atoms with van der Waals surface area (Å²) in [5.74, 6) is 0.562. The molecule has 0 aliphatic heterocycles. The van der Waals surface area contributed by atoms with Crippen LogP contribution in [-0.2, 0) is 6.42 Å². The molecule has 0 atom stereocenters. The minimum atomic E-state index is -0.424. The Labute approximate surface area is 166 Å². The van der Waals surface area contributed by atoms with Crippen LogP contribution in [0.1, 0.15) is 35.1 Å². The third-order valence-electron chi connectivity index (χ3n) is 3.97. The van der Waals surface area contributed by atoms with Gasteiger partial charge in [0.25, 0.3) is 11.5 Å². The van der Waals surface area contributed by atoms with Crippen LogP contribution in [0.5, 0.6) is 5.75 Å². The molecule has 28 heavy (non-hydrogen) atoms. The van der Waals surface area contributed by atoms with E-state index >= 15 is 0 Å². The van der Waals surface area contributed by atoms with Gasteiger partial charge in [0.1, 0.15) is 11.6 Å². The molecule has 2 heterocycles. The van der Waals surface area contributed by atoms with Crippen molar-refractivity contribution >= 4 is 23.3 Å². The van der Waals surface area contributed by atoms with E-state index in [0.29, 0.717) is 34.4 Å². The summed E-state index contributed by atoms with van der Waals surface area (Å²) in [4.78, 5) is 31.9. The van der Waals surface area contributed by atoms with Crippen LogP contribution in [0.2, 0.25) is 5.02 Å². The zero-order valence-corrected chi connectivity index (χ0v) is 16.5. The lowest BCUT2D eigenvalue weighted by molar-refractivity contribution is 0.102. The number of ether oxygens (including phenoxy) is 1. The molecular formula is C19H20ClN5O3. The number of aromatic amines is 1. The molecule has 9 heteroatoms. The van der Waals surface area contributed by atoms with Gasteiger partial charge in [-0.1, -0.05) is 24.9 Å². The minimum absolute atomic E-state index is 0.234. The number of amides is 1. The largest absolute Gasteiger partial charge is 0.496 e. The molecule has 1 aromatic carbocycles. The second-order valence-electron chi connectivity index (χ2n) is 6.19. The summed E-state index contributed by atoms with van der Waals surface area (Å²) < 4.78 is 6.63. The fourth-order valence-electron chi connectivity index (χ4n) is 2.77. The molecule has 3 rings (SSSR count). The molecule has 2 N–H and O–H groups in total. The van der Waals surface area contributed by atoms with E-state index < -0.39 is 5.91 Å². The third kappa shape index (κ3) is 4.23. The van der Waals surface area contributed by atoms with Gasteiger partial charge < -0.3 is 10.1 Å². The van der Waals surface area contributed by atoms with Crippen LogP contribution in [0.25, 0.3) is 5.95 Å². The van der Waals surface area contributed by atoms with Crippen molar-refractivity contribution in [2.45, 2.75) is 26.7 Å². The second kappa shape index (κ2) is 8.26. The van der Waals surface area contributed by atoms with Crippen molar-refractivity contribution in [1.82, 2.24) is 19.7 Å². The standard InChI is InChI=1S/C19H20ClN5O3/c1-4-5-13-10-17(26)23-19(21-13)25-16(8-11(2)24-25)22-18(27)14-9-12(20)6-7-15(14)28-3/h6-10H,4-5H2,1-3H3,(H,22,27)(H,21,23,26). The number of nitrogens with one attached hydrogen (secondary N) is 2. The number of hydrogen-bond donors (Lipinski definition) is 2. The van der Waals surface area contributed by atoms with Crippen LogP contribution < -0.4 is 15.6 Å². The van der Waals surface area contributed by atoms with Gasteiger partial charge >= 0.3 is 0 Å². The first kappa shape index (κ1) is 19.6. The van der Waals surface area contributed by atoms with E-state index in [1.165, 1.54) is 23.9 Å². The molecule has 0 bridgehead atoms. The lowest BCUT2D eigenvalue weighted by atomic mass is 10.2. The van der Waals surface area contributed by atoms with Crippen LogP contribution in [-0.4, -0.2) is 32.8 Å². The second-order valence-corrected chi connectivity index (χ2v) is 6.63. The number of halogens is 1. The van der Waals surface area contributed by atoms with Crippen molar-refractivity contribution in [1.29, 1.82) is 0 Å². The third-order valence-corrected chi connectivity index (χ3v) is 4.20. The quantitative estimate of drug-likeness (QED) is 0.660. The Morgan fingerprint density at radius 2 is 2.11 bits per heavy atom. The van der Waals surface area contributed by atoms with Crippen LogP contribution in [0, 0.1) is 6.92 Å². The Morgan fingerprint density at radius 3 is 2.82 bits per heavy atom. The molecule has 0 aliphatic rings. The van der Waals surface area contributed by atoms with E-state index in [1.54, 1.807) is 25.1 Å². The van der Waals surface area contributed by atoms with Crippen molar-refractivity contribution in [3.05, 3.63) is 62.7 Å². The zero-order valence-electron chi connectivity index (χ0n) is 15.7. The van der Waals surface area contributed by atoms with Crippen LogP contribution >= 0.6 is 11.6 Å². The van der Waals surface area contributed by atoms with Gasteiger partial charge in [-0.05, 0) is 31.5 Å². The molecule has 0 saturated carbocycles. The highest BCUT2D eigenvalue weighted by Crippen LogP contribution is 2.24. The summed E-state index contributed by atoms with van der Waals surface area (Å²) >= 11 is 6.01. The number of anilines is 1. The molecular weight excluding hydrogens is 382 g/mol. The number of rotatable bonds is 6. The highest BCUT2D eigenvalue weighted by atomic mass is 35.5. The van der Waals surface area contributed by atoms with Crippen molar-refractivity contribution in [2.75, 3.05) is 12.4 Å². The molecule has 0 unspecified atom stereocenters. The monoisotopic (exact) mass is 401 g/mol. The van der Waals surface area contributed by atoms with E-state index in [0.717, 1.165) is 6.42 Å². The normalized spacial score (nSPS) is 10.7. The fraction of sp³-hybridized carbons (Fsp3) is 0.263. The SMILES string of the molecule is CCCc1cc(=O)[nH]c(-n2nc(C)cc2NC(=O)c2cc(Cl)ccc2OC)n1. The maximum atomic E-state index is 12.8. The van der Waals surface area contributed by atoms with Gasteiger partial charge in [0.15, 0.2) is 0 Å². The number of methoxy groups -OCH3 is 1. The maximum Gasteiger partial charge on any atom is 0.260 e. The van der Waals surface area contributed by atoms with Gasteiger partial charge in [0, 0.05) is 22.8 Å². The predicted octanol–water partition coefficient (Wildman–Crippen LogP) is 3.13. The summed E-state index contributed by atoms with van der Waals surface area (Å²) in [7, 11) is 1.47. The van der Waals surface area contributed by atoms with Gasteiger partial charge in [-0.25, -0.2) is 4.98 Å². The Kier molecular flexibility index (Phi) is 5.79. The number of nitrogens with zero attached hydrogens (tertiary/aromatic N) is 3. The first-order valence-electron chi connectivity index (χ1n) is 8.73. The van der Waals surface area contributed by atoms with Gasteiger partial charge in [-0.15, -0.1) is 0 Å². The molecule has 146 valence electrons. The minimum Gasteiger partial charge on any atom is -0.496 e. The van der Waals surface area contributed by atoms with Crippen LogP contribution in [0.3, 0.4) is 0 Å². The van der Waals surface area contributed by atoms with E-state index in [4.69, 9.17) is 16.3 Å². The number of hydrogen-bond acceptors (Lipinski definition) is 5. The van der Waals surface area contributed by atoms with Crippen molar-refractivity contribution in [3.63, 3.8) is 0 Å². The summed E-state index contributed by atoms with van der Waals surface area (Å²) in [6, 6.07) is 7.91. The fourth-order valence-corrected chi connectivity index (χ4v) is 2.94. The number of H-pyrrole nitrogens is 1. The van der Waals surface area contributed by atoms with Crippen LogP contribution in [0.4, 0.5) is 5.82 Å². The highest BCUT2D eigenvalue weighted by molar-refractivity contribution is 6.31. The van der Waals surface area contributed by atoms with E-state index in [9.17, 15) is 9.59 Å². The van der Waals surface area contributed by atoms with Gasteiger partial charge in [0.2, 0.25) is 5.95 Å². The molecule has 8 nitrogen and oxygen atoms in total. The summed E-state index contributed by atoms with van der Waals surface area (Å²) in [6.45, 7) is 3.78. The number of benzene rings is 1. The first-order chi connectivity index (χ1) is 13.4. The molecule has 1 amide bonds. The van der Waals surface area contributed by atoms with Gasteiger partial charge in [-0.3, -0.25) is 14.6 Å². The molecule has 0 radical (unpaired) electrons. The molecule has 0 aliphatic carbocycles. The summed E-state index contributed by atoms with van der Waals surface area (Å²) in [6.07, 6.45) is 1.52. The maximum absolute atomic E-state index is 12.8. The Hall–Kier alpha value is -3.13. The Balaban J connectivity index is 1.99. The van der Waals surface area contributed by atoms with Crippen LogP contribution in [0.15, 0.2) is 35.1 Å². The Morgan fingerprint density at radius 1 is 1.32 bits per heavy atom.